The molecule has 2 aromatic rings. The maximum Gasteiger partial charge on any atom is 0.261 e. The van der Waals surface area contributed by atoms with Crippen LogP contribution >= 0.6 is 0 Å². The fourth-order valence-electron chi connectivity index (χ4n) is 2.77. The van der Waals surface area contributed by atoms with Gasteiger partial charge in [-0.2, -0.15) is 0 Å². The van der Waals surface area contributed by atoms with Gasteiger partial charge < -0.3 is 10.3 Å². The van der Waals surface area contributed by atoms with E-state index in [9.17, 15) is 14.4 Å². The number of ketones is 1. The molecule has 2 heterocycles. The van der Waals surface area contributed by atoms with Crippen LogP contribution in [0, 0.1) is 5.92 Å². The largest absolute Gasteiger partial charge is 0.348 e. The maximum atomic E-state index is 12.2. The second-order valence-electron chi connectivity index (χ2n) is 5.88. The SMILES string of the molecule is C[C@H]1CC(=O)c2cc(C(=O)NCc3ccncc3)c(=O)[nH]c2C1. The summed E-state index contributed by atoms with van der Waals surface area (Å²) < 4.78 is 0. The van der Waals surface area contributed by atoms with Gasteiger partial charge in [0.1, 0.15) is 5.56 Å². The van der Waals surface area contributed by atoms with Crippen LogP contribution in [-0.4, -0.2) is 21.7 Å². The second kappa shape index (κ2) is 6.16. The molecule has 2 N–H and O–H groups in total. The predicted molar refractivity (Wildman–Crippen MR) is 84.3 cm³/mol. The van der Waals surface area contributed by atoms with Gasteiger partial charge in [0, 0.05) is 36.6 Å². The minimum absolute atomic E-state index is 0.0271. The van der Waals surface area contributed by atoms with E-state index in [4.69, 9.17) is 0 Å². The van der Waals surface area contributed by atoms with E-state index in [0.717, 1.165) is 5.56 Å². The summed E-state index contributed by atoms with van der Waals surface area (Å²) in [5, 5.41) is 2.69. The minimum Gasteiger partial charge on any atom is -0.348 e. The van der Waals surface area contributed by atoms with Crippen LogP contribution in [0.1, 0.15) is 45.3 Å². The molecule has 3 rings (SSSR count). The van der Waals surface area contributed by atoms with Gasteiger partial charge in [0.2, 0.25) is 0 Å². The van der Waals surface area contributed by atoms with Crippen molar-refractivity contribution < 1.29 is 9.59 Å². The van der Waals surface area contributed by atoms with Crippen molar-refractivity contribution in [3.05, 3.63) is 63.3 Å². The number of aromatic amines is 1. The number of H-pyrrole nitrogens is 1. The first-order valence-electron chi connectivity index (χ1n) is 7.51. The van der Waals surface area contributed by atoms with Gasteiger partial charge in [-0.05, 0) is 36.1 Å². The summed E-state index contributed by atoms with van der Waals surface area (Å²) in [6.07, 6.45) is 4.35. The summed E-state index contributed by atoms with van der Waals surface area (Å²) in [6.45, 7) is 2.26. The van der Waals surface area contributed by atoms with Crippen molar-refractivity contribution in [3.63, 3.8) is 0 Å². The Labute approximate surface area is 133 Å². The van der Waals surface area contributed by atoms with E-state index in [0.29, 0.717) is 30.6 Å². The number of nitrogens with zero attached hydrogens (tertiary/aromatic N) is 1. The third-order valence-corrected chi connectivity index (χ3v) is 3.96. The Kier molecular flexibility index (Phi) is 4.06. The Bertz CT molecular complexity index is 812. The van der Waals surface area contributed by atoms with Crippen molar-refractivity contribution in [1.29, 1.82) is 0 Å². The van der Waals surface area contributed by atoms with E-state index in [1.165, 1.54) is 6.07 Å². The van der Waals surface area contributed by atoms with E-state index in [2.05, 4.69) is 15.3 Å². The average Bonchev–Trinajstić information content (AvgIpc) is 2.53. The lowest BCUT2D eigenvalue weighted by molar-refractivity contribution is 0.0949. The highest BCUT2D eigenvalue weighted by Crippen LogP contribution is 2.23. The molecule has 6 heteroatoms. The fourth-order valence-corrected chi connectivity index (χ4v) is 2.77. The molecule has 0 fully saturated rings. The molecule has 0 unspecified atom stereocenters. The molecular weight excluding hydrogens is 294 g/mol. The molecule has 1 atom stereocenters. The molecule has 118 valence electrons. The first-order valence-corrected chi connectivity index (χ1v) is 7.51. The molecule has 0 spiro atoms. The lowest BCUT2D eigenvalue weighted by atomic mass is 9.86. The molecular formula is C17H17N3O3. The number of Topliss-reactive ketones (excluding diaryl/α,β-unsaturated/α-hetero) is 1. The van der Waals surface area contributed by atoms with Gasteiger partial charge >= 0.3 is 0 Å². The Morgan fingerprint density at radius 1 is 1.30 bits per heavy atom. The van der Waals surface area contributed by atoms with Gasteiger partial charge in [-0.25, -0.2) is 0 Å². The number of carbonyl (C=O) groups excluding carboxylic acids is 2. The number of hydrogen-bond donors (Lipinski definition) is 2. The van der Waals surface area contributed by atoms with Gasteiger partial charge in [0.15, 0.2) is 5.78 Å². The summed E-state index contributed by atoms with van der Waals surface area (Å²) in [4.78, 5) is 43.0. The van der Waals surface area contributed by atoms with Crippen LogP contribution in [0.4, 0.5) is 0 Å². The second-order valence-corrected chi connectivity index (χ2v) is 5.88. The number of hydrogen-bond acceptors (Lipinski definition) is 4. The third-order valence-electron chi connectivity index (χ3n) is 3.96. The third kappa shape index (κ3) is 3.21. The average molecular weight is 311 g/mol. The summed E-state index contributed by atoms with van der Waals surface area (Å²) in [5.74, 6) is -0.313. The Morgan fingerprint density at radius 3 is 2.78 bits per heavy atom. The number of nitrogens with one attached hydrogen (secondary N) is 2. The molecule has 0 saturated carbocycles. The Morgan fingerprint density at radius 2 is 2.04 bits per heavy atom. The highest BCUT2D eigenvalue weighted by molar-refractivity contribution is 6.01. The van der Waals surface area contributed by atoms with Crippen LogP contribution in [-0.2, 0) is 13.0 Å². The molecule has 1 aliphatic rings. The number of amides is 1. The molecule has 0 aliphatic heterocycles. The lowest BCUT2D eigenvalue weighted by Gasteiger charge is -2.20. The van der Waals surface area contributed by atoms with Crippen LogP contribution in [0.2, 0.25) is 0 Å². The predicted octanol–water partition coefficient (Wildman–Crippen LogP) is 1.46. The molecule has 6 nitrogen and oxygen atoms in total. The van der Waals surface area contributed by atoms with Crippen LogP contribution in [0.15, 0.2) is 35.4 Å². The molecule has 0 radical (unpaired) electrons. The van der Waals surface area contributed by atoms with Crippen LogP contribution in [0.3, 0.4) is 0 Å². The summed E-state index contributed by atoms with van der Waals surface area (Å²) in [7, 11) is 0. The zero-order chi connectivity index (χ0) is 16.4. The molecule has 23 heavy (non-hydrogen) atoms. The number of carbonyl (C=O) groups is 2. The van der Waals surface area contributed by atoms with Gasteiger partial charge in [-0.15, -0.1) is 0 Å². The van der Waals surface area contributed by atoms with Crippen molar-refractivity contribution in [2.45, 2.75) is 26.3 Å². The van der Waals surface area contributed by atoms with E-state index < -0.39 is 11.5 Å². The lowest BCUT2D eigenvalue weighted by Crippen LogP contribution is -2.32. The first kappa shape index (κ1) is 15.1. The Hall–Kier alpha value is -2.76. The topological polar surface area (TPSA) is 91.9 Å². The van der Waals surface area contributed by atoms with Gasteiger partial charge in [0.25, 0.3) is 11.5 Å². The van der Waals surface area contributed by atoms with E-state index in [1.807, 2.05) is 6.92 Å². The van der Waals surface area contributed by atoms with Crippen molar-refractivity contribution in [3.8, 4) is 0 Å². The molecule has 0 aromatic carbocycles. The highest BCUT2D eigenvalue weighted by atomic mass is 16.2. The normalized spacial score (nSPS) is 16.7. The molecule has 0 saturated heterocycles. The smallest absolute Gasteiger partial charge is 0.261 e. The maximum absolute atomic E-state index is 12.2. The van der Waals surface area contributed by atoms with Gasteiger partial charge in [-0.3, -0.25) is 19.4 Å². The van der Waals surface area contributed by atoms with Gasteiger partial charge in [-0.1, -0.05) is 6.92 Å². The summed E-state index contributed by atoms with van der Waals surface area (Å²) in [5.41, 5.74) is 1.48. The Balaban J connectivity index is 1.83. The number of rotatable bonds is 3. The van der Waals surface area contributed by atoms with Crippen molar-refractivity contribution in [2.24, 2.45) is 5.92 Å². The van der Waals surface area contributed by atoms with E-state index >= 15 is 0 Å². The standard InChI is InChI=1S/C17H17N3O3/c1-10-6-14-12(15(21)7-10)8-13(17(23)20-14)16(22)19-9-11-2-4-18-5-3-11/h2-5,8,10H,6-7,9H2,1H3,(H,19,22)(H,20,23)/t10-/m1/s1. The summed E-state index contributed by atoms with van der Waals surface area (Å²) >= 11 is 0. The monoisotopic (exact) mass is 311 g/mol. The molecule has 0 bridgehead atoms. The number of aromatic nitrogens is 2. The number of fused-ring (bicyclic) bond motifs is 1. The molecule has 2 aromatic heterocycles. The highest BCUT2D eigenvalue weighted by Gasteiger charge is 2.25. The van der Waals surface area contributed by atoms with Crippen molar-refractivity contribution in [2.75, 3.05) is 0 Å². The quantitative estimate of drug-likeness (QED) is 0.897. The van der Waals surface area contributed by atoms with Crippen LogP contribution < -0.4 is 10.9 Å². The molecule has 1 aliphatic carbocycles. The summed E-state index contributed by atoms with van der Waals surface area (Å²) in [6, 6.07) is 4.98. The minimum atomic E-state index is -0.489. The first-order chi connectivity index (χ1) is 11.0. The zero-order valence-electron chi connectivity index (χ0n) is 12.8. The van der Waals surface area contributed by atoms with Gasteiger partial charge in [0.05, 0.1) is 0 Å². The van der Waals surface area contributed by atoms with Crippen molar-refractivity contribution >= 4 is 11.7 Å². The zero-order valence-corrected chi connectivity index (χ0v) is 12.8. The molecule has 1 amide bonds. The van der Waals surface area contributed by atoms with Crippen LogP contribution in [0.25, 0.3) is 0 Å². The van der Waals surface area contributed by atoms with E-state index in [1.54, 1.807) is 24.5 Å². The fraction of sp³-hybridized carbons (Fsp3) is 0.294. The van der Waals surface area contributed by atoms with Crippen molar-refractivity contribution in [1.82, 2.24) is 15.3 Å². The van der Waals surface area contributed by atoms with Crippen LogP contribution in [0.5, 0.6) is 0 Å². The van der Waals surface area contributed by atoms with E-state index in [-0.39, 0.29) is 17.3 Å². The number of pyridine rings is 2.